The van der Waals surface area contributed by atoms with Crippen LogP contribution in [-0.4, -0.2) is 22.2 Å². The maximum atomic E-state index is 6.27. The molecular formula is C13H14ClIN2O. The van der Waals surface area contributed by atoms with Gasteiger partial charge >= 0.3 is 0 Å². The molecule has 5 heteroatoms. The van der Waals surface area contributed by atoms with E-state index in [9.17, 15) is 0 Å². The van der Waals surface area contributed by atoms with Gasteiger partial charge in [-0.1, -0.05) is 11.6 Å². The van der Waals surface area contributed by atoms with Crippen molar-refractivity contribution < 1.29 is 4.74 Å². The molecule has 1 aliphatic carbocycles. The van der Waals surface area contributed by atoms with Crippen LogP contribution in [-0.2, 0) is 4.74 Å². The molecule has 96 valence electrons. The van der Waals surface area contributed by atoms with Gasteiger partial charge in [-0.2, -0.15) is 0 Å². The van der Waals surface area contributed by atoms with Gasteiger partial charge in [-0.3, -0.25) is 0 Å². The van der Waals surface area contributed by atoms with Crippen LogP contribution >= 0.6 is 34.2 Å². The van der Waals surface area contributed by atoms with Crippen LogP contribution in [0.15, 0.2) is 0 Å². The van der Waals surface area contributed by atoms with E-state index in [1.165, 1.54) is 25.0 Å². The summed E-state index contributed by atoms with van der Waals surface area (Å²) in [5.41, 5.74) is 1.17. The minimum atomic E-state index is 0.332. The topological polar surface area (TPSA) is 35.0 Å². The molecule has 3 nitrogen and oxygen atoms in total. The second-order valence-corrected chi connectivity index (χ2v) is 7.00. The maximum Gasteiger partial charge on any atom is 0.146 e. The molecule has 4 rings (SSSR count). The first-order chi connectivity index (χ1) is 8.72. The van der Waals surface area contributed by atoms with Gasteiger partial charge in [0.05, 0.1) is 21.5 Å². The lowest BCUT2D eigenvalue weighted by Crippen LogP contribution is -2.18. The fourth-order valence-corrected chi connectivity index (χ4v) is 4.02. The molecule has 1 saturated carbocycles. The van der Waals surface area contributed by atoms with Gasteiger partial charge in [-0.25, -0.2) is 9.97 Å². The highest BCUT2D eigenvalue weighted by atomic mass is 127. The van der Waals surface area contributed by atoms with Crippen LogP contribution in [0, 0.1) is 3.57 Å². The van der Waals surface area contributed by atoms with Gasteiger partial charge in [-0.05, 0) is 54.7 Å². The van der Waals surface area contributed by atoms with Gasteiger partial charge in [0.25, 0.3) is 0 Å². The van der Waals surface area contributed by atoms with E-state index in [0.29, 0.717) is 29.2 Å². The van der Waals surface area contributed by atoms with Crippen molar-refractivity contribution in [1.82, 2.24) is 9.97 Å². The molecule has 0 aromatic carbocycles. The van der Waals surface area contributed by atoms with Crippen LogP contribution in [0.2, 0.25) is 5.15 Å². The first kappa shape index (κ1) is 11.9. The van der Waals surface area contributed by atoms with E-state index in [1.807, 2.05) is 0 Å². The van der Waals surface area contributed by atoms with Gasteiger partial charge in [0, 0.05) is 11.8 Å². The fraction of sp³-hybridized carbons (Fsp3) is 0.692. The number of nitrogens with zero attached hydrogens (tertiary/aromatic N) is 2. The zero-order chi connectivity index (χ0) is 12.3. The molecule has 2 aliphatic heterocycles. The number of hydrogen-bond acceptors (Lipinski definition) is 3. The van der Waals surface area contributed by atoms with E-state index in [1.54, 1.807) is 0 Å². The third kappa shape index (κ3) is 1.88. The molecule has 3 fully saturated rings. The van der Waals surface area contributed by atoms with E-state index in [0.717, 1.165) is 22.2 Å². The molecule has 1 aromatic heterocycles. The molecule has 0 spiro atoms. The van der Waals surface area contributed by atoms with Crippen LogP contribution in [0.5, 0.6) is 0 Å². The third-order valence-electron chi connectivity index (χ3n) is 4.26. The zero-order valence-corrected chi connectivity index (χ0v) is 12.8. The van der Waals surface area contributed by atoms with Crippen molar-refractivity contribution in [3.63, 3.8) is 0 Å². The highest BCUT2D eigenvalue weighted by molar-refractivity contribution is 14.1. The van der Waals surface area contributed by atoms with Gasteiger partial charge in [-0.15, -0.1) is 0 Å². The molecule has 3 aliphatic rings. The number of fused-ring (bicyclic) bond motifs is 2. The lowest BCUT2D eigenvalue weighted by atomic mass is 9.88. The predicted molar refractivity (Wildman–Crippen MR) is 77.0 cm³/mol. The minimum Gasteiger partial charge on any atom is -0.374 e. The molecule has 3 heterocycles. The Morgan fingerprint density at radius 2 is 2.00 bits per heavy atom. The summed E-state index contributed by atoms with van der Waals surface area (Å²) in [6.07, 6.45) is 6.69. The smallest absolute Gasteiger partial charge is 0.146 e. The molecule has 2 saturated heterocycles. The van der Waals surface area contributed by atoms with E-state index in [-0.39, 0.29) is 0 Å². The number of hydrogen-bond donors (Lipinski definition) is 0. The summed E-state index contributed by atoms with van der Waals surface area (Å²) in [6, 6.07) is 0. The average Bonchev–Trinajstić information content (AvgIpc) is 2.99. The number of rotatable bonds is 2. The quantitative estimate of drug-likeness (QED) is 0.584. The van der Waals surface area contributed by atoms with Crippen molar-refractivity contribution in [2.24, 2.45) is 0 Å². The Morgan fingerprint density at radius 1 is 1.17 bits per heavy atom. The van der Waals surface area contributed by atoms with Gasteiger partial charge in [0.15, 0.2) is 0 Å². The lowest BCUT2D eigenvalue weighted by Gasteiger charge is -2.18. The number of aromatic nitrogens is 2. The summed E-state index contributed by atoms with van der Waals surface area (Å²) in [6.45, 7) is 0. The van der Waals surface area contributed by atoms with E-state index < -0.39 is 0 Å². The molecule has 0 radical (unpaired) electrons. The number of halogens is 2. The van der Waals surface area contributed by atoms with Crippen LogP contribution in [0.25, 0.3) is 0 Å². The predicted octanol–water partition coefficient (Wildman–Crippen LogP) is 3.65. The highest BCUT2D eigenvalue weighted by Gasteiger charge is 2.43. The van der Waals surface area contributed by atoms with Crippen molar-refractivity contribution in [1.29, 1.82) is 0 Å². The van der Waals surface area contributed by atoms with E-state index in [4.69, 9.17) is 21.3 Å². The highest BCUT2D eigenvalue weighted by Crippen LogP contribution is 2.46. The summed E-state index contributed by atoms with van der Waals surface area (Å²) < 4.78 is 6.95. The third-order valence-corrected chi connectivity index (χ3v) is 5.91. The first-order valence-electron chi connectivity index (χ1n) is 6.60. The Hall–Kier alpha value is 0.0600. The Bertz CT molecular complexity index is 506. The van der Waals surface area contributed by atoms with Crippen molar-refractivity contribution in [3.8, 4) is 0 Å². The van der Waals surface area contributed by atoms with Crippen LogP contribution in [0.4, 0.5) is 0 Å². The summed E-state index contributed by atoms with van der Waals surface area (Å²) in [5.74, 6) is 1.92. The molecule has 0 amide bonds. The van der Waals surface area contributed by atoms with E-state index >= 15 is 0 Å². The van der Waals surface area contributed by atoms with Crippen molar-refractivity contribution in [2.75, 3.05) is 0 Å². The summed E-state index contributed by atoms with van der Waals surface area (Å²) in [7, 11) is 0. The number of ether oxygens (including phenoxy) is 1. The SMILES string of the molecule is Clc1nc(C2CC3CCC2O3)nc(C2CC2)c1I. The molecule has 18 heavy (non-hydrogen) atoms. The summed E-state index contributed by atoms with van der Waals surface area (Å²) in [5, 5.41) is 0.630. The molecule has 2 bridgehead atoms. The monoisotopic (exact) mass is 376 g/mol. The van der Waals surface area contributed by atoms with Crippen LogP contribution < -0.4 is 0 Å². The molecule has 0 N–H and O–H groups in total. The Morgan fingerprint density at radius 3 is 2.61 bits per heavy atom. The van der Waals surface area contributed by atoms with Crippen molar-refractivity contribution >= 4 is 34.2 Å². The van der Waals surface area contributed by atoms with Crippen molar-refractivity contribution in [2.45, 2.75) is 56.1 Å². The van der Waals surface area contributed by atoms with Gasteiger partial charge < -0.3 is 4.74 Å². The summed E-state index contributed by atoms with van der Waals surface area (Å²) >= 11 is 8.55. The van der Waals surface area contributed by atoms with Gasteiger partial charge in [0.2, 0.25) is 0 Å². The molecule has 1 aromatic rings. The lowest BCUT2D eigenvalue weighted by molar-refractivity contribution is 0.0998. The van der Waals surface area contributed by atoms with Crippen LogP contribution in [0.3, 0.4) is 0 Å². The van der Waals surface area contributed by atoms with Gasteiger partial charge in [0.1, 0.15) is 11.0 Å². The second kappa shape index (κ2) is 4.28. The Balaban J connectivity index is 1.72. The normalized spacial score (nSPS) is 34.2. The largest absolute Gasteiger partial charge is 0.374 e. The Labute approximate surface area is 125 Å². The molecule has 3 atom stereocenters. The maximum absolute atomic E-state index is 6.27. The Kier molecular flexibility index (Phi) is 2.82. The minimum absolute atomic E-state index is 0.332. The van der Waals surface area contributed by atoms with E-state index in [2.05, 4.69) is 27.6 Å². The average molecular weight is 377 g/mol. The molecule has 3 unspecified atom stereocenters. The van der Waals surface area contributed by atoms with Crippen molar-refractivity contribution in [3.05, 3.63) is 20.2 Å². The molecular weight excluding hydrogens is 363 g/mol. The first-order valence-corrected chi connectivity index (χ1v) is 8.06. The van der Waals surface area contributed by atoms with Crippen LogP contribution in [0.1, 0.15) is 55.5 Å². The zero-order valence-electron chi connectivity index (χ0n) is 9.90. The fourth-order valence-electron chi connectivity index (χ4n) is 3.16. The second-order valence-electron chi connectivity index (χ2n) is 5.56. The summed E-state index contributed by atoms with van der Waals surface area (Å²) in [4.78, 5) is 9.32. The standard InChI is InChI=1S/C13H14ClIN2O/c14-12-10(15)11(6-1-2-6)16-13(17-12)8-5-7-3-4-9(8)18-7/h6-9H,1-5H2.